The van der Waals surface area contributed by atoms with Gasteiger partial charge in [-0.1, -0.05) is 268 Å². The van der Waals surface area contributed by atoms with E-state index in [-0.39, 0.29) is 56.4 Å². The van der Waals surface area contributed by atoms with E-state index in [1.54, 1.807) is 34.8 Å². The van der Waals surface area contributed by atoms with Gasteiger partial charge in [0.1, 0.15) is 11.5 Å². The van der Waals surface area contributed by atoms with Gasteiger partial charge in [-0.3, -0.25) is 9.59 Å². The van der Waals surface area contributed by atoms with E-state index in [2.05, 4.69) is 186 Å². The van der Waals surface area contributed by atoms with E-state index in [9.17, 15) is 20.1 Å². The minimum Gasteiger partial charge on any atom is -0.492 e. The number of hydrogen-bond donors (Lipinski definition) is 0. The molecule has 0 bridgehead atoms. The van der Waals surface area contributed by atoms with Crippen molar-refractivity contribution in [1.82, 2.24) is 0 Å². The van der Waals surface area contributed by atoms with E-state index in [4.69, 9.17) is 22.6 Å². The van der Waals surface area contributed by atoms with Crippen LogP contribution in [-0.4, -0.2) is 24.8 Å². The fourth-order valence-corrected chi connectivity index (χ4v) is 28.8. The number of aryl methyl sites for hydroxylation is 4. The number of carbonyl (C=O) groups excluding carboxylic acids is 2. The first kappa shape index (κ1) is 96.5. The number of rotatable bonds is 42. The highest BCUT2D eigenvalue weighted by atomic mass is 32.1. The van der Waals surface area contributed by atoms with Gasteiger partial charge < -0.3 is 9.47 Å². The number of nitrogens with zero attached hydrogens (tertiary/aromatic N) is 4. The van der Waals surface area contributed by atoms with Gasteiger partial charge in [-0.25, -0.2) is 37.8 Å². The molecule has 2 unspecified atom stereocenters. The van der Waals surface area contributed by atoms with Gasteiger partial charge >= 0.3 is 0 Å². The molecule has 4 aliphatic rings. The molecule has 0 N–H and O–H groups in total. The normalized spacial score (nSPS) is 15.5. The van der Waals surface area contributed by atoms with Crippen LogP contribution in [0.25, 0.3) is 92.2 Å². The summed E-state index contributed by atoms with van der Waals surface area (Å²) in [4.78, 5) is 43.8. The molecule has 0 saturated carbocycles. The van der Waals surface area contributed by atoms with Gasteiger partial charge in [0.05, 0.1) is 78.2 Å². The largest absolute Gasteiger partial charge is 0.492 e. The minimum atomic E-state index is -1.20. The van der Waals surface area contributed by atoms with Crippen molar-refractivity contribution >= 4 is 122 Å². The summed E-state index contributed by atoms with van der Waals surface area (Å²) in [5.74, 6) is -4.23. The van der Waals surface area contributed by atoms with Crippen LogP contribution in [0.1, 0.15) is 318 Å². The van der Waals surface area contributed by atoms with Crippen LogP contribution < -0.4 is 9.47 Å². The Hall–Kier alpha value is -11.2. The number of ether oxygens (including phenoxy) is 2. The molecule has 0 fully saturated rings. The molecule has 13 aromatic rings. The van der Waals surface area contributed by atoms with Crippen LogP contribution in [0.5, 0.6) is 11.5 Å². The van der Waals surface area contributed by atoms with Crippen molar-refractivity contribution in [2.24, 2.45) is 11.8 Å². The Morgan fingerprint density at radius 2 is 0.699 bits per heavy atom. The topological polar surface area (TPSA) is 109 Å². The fraction of sp³-hybridized carbons (Fsp3) is 0.356. The third kappa shape index (κ3) is 18.4. The zero-order valence-electron chi connectivity index (χ0n) is 78.9. The Kier molecular flexibility index (Phi) is 30.4. The predicted molar refractivity (Wildman–Crippen MR) is 559 cm³/mol. The van der Waals surface area contributed by atoms with Crippen molar-refractivity contribution in [2.45, 2.75) is 246 Å². The van der Waals surface area contributed by atoms with Crippen molar-refractivity contribution in [1.29, 1.82) is 10.5 Å². The van der Waals surface area contributed by atoms with Crippen LogP contribution in [0.4, 0.5) is 17.6 Å². The van der Waals surface area contributed by atoms with Crippen LogP contribution in [-0.2, 0) is 36.5 Å². The molecule has 136 heavy (non-hydrogen) atoms. The number of benzene rings is 7. The molecular formula is C118H114F4N4O4S6. The number of halogens is 4. The second-order valence-corrected chi connectivity index (χ2v) is 43.5. The van der Waals surface area contributed by atoms with E-state index in [1.807, 2.05) is 46.9 Å². The molecule has 6 heterocycles. The van der Waals surface area contributed by atoms with Gasteiger partial charge in [-0.05, 0) is 227 Å². The number of allylic oxidation sites excluding steroid dienone is 6. The maximum atomic E-state index is 15.3. The Morgan fingerprint density at radius 3 is 0.993 bits per heavy atom. The molecule has 0 radical (unpaired) electrons. The lowest BCUT2D eigenvalue weighted by atomic mass is 9.65. The fourth-order valence-electron chi connectivity index (χ4n) is 20.9. The standard InChI is InChI=1S/C118H114F4N4O4S6/c1-11-19-25-29-35-73-39-47-77(48-40-73)117(78-49-41-74(42-50-78)36-30-26-20-12-2)91-59-88-92(60-87(91)111-107(117)115-103(133-111)65-101(135-115)113-99(129-69-71(17-7)33-23-15-5)57-81(131-113)55-89-105(97(67-123)125-9)83-61-93(119)95(121)63-85(83)109(89)127)118(79-51-43-75(44-52-79)37-31-27-21-13-3,80-53-45-76(46-54-80)38-32-28-22-14-4)108-112(88)134-104-66-102(136-116(104)108)114-100(130-70-72(18-8)34-24-16-6)58-82(132-114)56-90-106(98(68-124)126-10)84-62-94(120)96(122)64-86(84)110(90)128/h39-66,71-72H,11-38,69-70H2,1-8H3/b89-55-,90-56-,105-97-,106-98+. The van der Waals surface area contributed by atoms with Crippen molar-refractivity contribution in [3.8, 4) is 64.0 Å². The van der Waals surface area contributed by atoms with Crippen LogP contribution in [0.15, 0.2) is 180 Å². The number of ketones is 2. The Balaban J connectivity index is 0.925. The third-order valence-electron chi connectivity index (χ3n) is 28.3. The van der Waals surface area contributed by atoms with Gasteiger partial charge in [0.2, 0.25) is 0 Å². The SMILES string of the molecule is [C-]#[N+]/C(C#N)=C1\C(=C\c2cc(OCC(CC)CCCC)c(-c3cc4sc5c(c4s3)C(c3ccc(CCCCCC)cc3)(c3ccc(CCCCCC)cc3)c3cc4c(cc3-5)C(c3ccc(CCCCCC)cc3)(c3ccc(CCCCCC)cc3)c3c-4sc4cc(-c5sc(/C=C6\C(=O)c7cc(F)c(F)cc7\C6=C(\C#N)[N+]#[C-])cc5OCC(CC)CCCC)sc34)s2)C(=O)c2cc(F)c(F)cc21. The first-order valence-electron chi connectivity index (χ1n) is 49.2. The molecule has 0 aliphatic heterocycles. The summed E-state index contributed by atoms with van der Waals surface area (Å²) in [7, 11) is 0. The molecule has 0 spiro atoms. The van der Waals surface area contributed by atoms with Gasteiger partial charge in [0.25, 0.3) is 11.4 Å². The third-order valence-corrected chi connectivity index (χ3v) is 35.7. The molecule has 17 rings (SSSR count). The molecule has 7 aromatic carbocycles. The molecule has 694 valence electrons. The van der Waals surface area contributed by atoms with Crippen LogP contribution >= 0.6 is 68.0 Å². The molecule has 8 nitrogen and oxygen atoms in total. The van der Waals surface area contributed by atoms with E-state index < -0.39 is 57.1 Å². The molecule has 2 atom stereocenters. The lowest BCUT2D eigenvalue weighted by molar-refractivity contribution is 0.103. The summed E-state index contributed by atoms with van der Waals surface area (Å²) in [5.41, 5.74) is 14.0. The van der Waals surface area contributed by atoms with Crippen LogP contribution in [0.2, 0.25) is 0 Å². The number of Topliss-reactive ketones (excluding diaryl/α,β-unsaturated/α-hetero) is 2. The predicted octanol–water partition coefficient (Wildman–Crippen LogP) is 35.5. The molecule has 6 aromatic heterocycles. The summed E-state index contributed by atoms with van der Waals surface area (Å²) in [6.45, 7) is 35.0. The maximum absolute atomic E-state index is 15.3. The van der Waals surface area contributed by atoms with Gasteiger partial charge in [0.15, 0.2) is 34.8 Å². The van der Waals surface area contributed by atoms with Crippen molar-refractivity contribution in [3.63, 3.8) is 0 Å². The molecule has 0 saturated heterocycles. The molecule has 18 heteroatoms. The smallest absolute Gasteiger partial charge is 0.270 e. The highest BCUT2D eigenvalue weighted by molar-refractivity contribution is 7.34. The summed E-state index contributed by atoms with van der Waals surface area (Å²) in [5, 5.41) is 21.0. The average Bonchev–Trinajstić information content (AvgIpc) is 1.49. The zero-order chi connectivity index (χ0) is 95.1. The number of thiophene rings is 6. The van der Waals surface area contributed by atoms with E-state index in [0.29, 0.717) is 34.5 Å². The lowest BCUT2D eigenvalue weighted by Crippen LogP contribution is -2.30. The highest BCUT2D eigenvalue weighted by Crippen LogP contribution is 2.69. The Morgan fingerprint density at radius 1 is 0.382 bits per heavy atom. The summed E-state index contributed by atoms with van der Waals surface area (Å²) in [6, 6.07) is 59.7. The highest BCUT2D eigenvalue weighted by Gasteiger charge is 2.55. The maximum Gasteiger partial charge on any atom is 0.270 e. The van der Waals surface area contributed by atoms with Crippen LogP contribution in [0.3, 0.4) is 0 Å². The number of unbranched alkanes of at least 4 members (excludes halogenated alkanes) is 14. The molecule has 4 aliphatic carbocycles. The zero-order valence-corrected chi connectivity index (χ0v) is 83.8. The number of nitriles is 2. The molecule has 0 amide bonds. The summed E-state index contributed by atoms with van der Waals surface area (Å²) in [6.07, 6.45) is 33.3. The average molecular weight is 1920 g/mol. The van der Waals surface area contributed by atoms with Gasteiger partial charge in [-0.2, -0.15) is 0 Å². The number of hydrogen-bond acceptors (Lipinski definition) is 12. The molecular weight excluding hydrogens is 1810 g/mol. The van der Waals surface area contributed by atoms with Crippen molar-refractivity contribution in [3.05, 3.63) is 325 Å². The van der Waals surface area contributed by atoms with Crippen molar-refractivity contribution in [2.75, 3.05) is 13.2 Å². The second-order valence-electron chi connectivity index (χ2n) is 37.1. The summed E-state index contributed by atoms with van der Waals surface area (Å²) < 4.78 is 79.9. The Labute approximate surface area is 822 Å². The van der Waals surface area contributed by atoms with E-state index >= 15 is 17.6 Å². The first-order chi connectivity index (χ1) is 66.4. The van der Waals surface area contributed by atoms with Gasteiger partial charge in [0, 0.05) is 73.5 Å². The second kappa shape index (κ2) is 42.8. The van der Waals surface area contributed by atoms with E-state index in [1.165, 1.54) is 103 Å². The van der Waals surface area contributed by atoms with Crippen molar-refractivity contribution < 1.29 is 36.6 Å². The quantitative estimate of drug-likeness (QED) is 0.0124. The minimum absolute atomic E-state index is 0.00297. The Bertz CT molecular complexity index is 6450. The lowest BCUT2D eigenvalue weighted by Gasteiger charge is -2.36. The van der Waals surface area contributed by atoms with Gasteiger partial charge in [-0.15, -0.1) is 68.0 Å². The monoisotopic (exact) mass is 1920 g/mol. The first-order valence-corrected chi connectivity index (χ1v) is 54.1. The number of fused-ring (bicyclic) bond motifs is 12. The summed E-state index contributed by atoms with van der Waals surface area (Å²) >= 11 is 10.1. The van der Waals surface area contributed by atoms with E-state index in [0.717, 1.165) is 250 Å². The number of carbonyl (C=O) groups is 2. The van der Waals surface area contributed by atoms with Crippen LogP contribution in [0, 0.1) is 70.9 Å².